The second kappa shape index (κ2) is 18.2. The lowest BCUT2D eigenvalue weighted by atomic mass is 9.72. The number of morpholine rings is 1. The lowest BCUT2D eigenvalue weighted by Gasteiger charge is -2.39. The highest BCUT2D eigenvalue weighted by Crippen LogP contribution is 2.44. The number of hydrogen-bond donors (Lipinski definition) is 3. The Balaban J connectivity index is 0.920. The highest BCUT2D eigenvalue weighted by Gasteiger charge is 2.34. The summed E-state index contributed by atoms with van der Waals surface area (Å²) in [5, 5.41) is 23.8. The van der Waals surface area contributed by atoms with E-state index in [1.807, 2.05) is 18.2 Å². The molecule has 64 heavy (non-hydrogen) atoms. The quantitative estimate of drug-likeness (QED) is 0.0723. The molecule has 2 aliphatic carbocycles. The summed E-state index contributed by atoms with van der Waals surface area (Å²) in [4.78, 5) is 32.3. The van der Waals surface area contributed by atoms with Crippen molar-refractivity contribution in [1.82, 2.24) is 24.7 Å². The van der Waals surface area contributed by atoms with E-state index >= 15 is 0 Å². The second-order valence-electron chi connectivity index (χ2n) is 18.0. The number of hydrogen-bond acceptors (Lipinski definition) is 12. The van der Waals surface area contributed by atoms with Gasteiger partial charge < -0.3 is 19.7 Å². The van der Waals surface area contributed by atoms with Gasteiger partial charge in [0.2, 0.25) is 0 Å². The van der Waals surface area contributed by atoms with E-state index in [9.17, 15) is 23.3 Å². The predicted molar refractivity (Wildman–Crippen MR) is 248 cm³/mol. The van der Waals surface area contributed by atoms with E-state index in [4.69, 9.17) is 21.1 Å². The largest absolute Gasteiger partial charge is 0.456 e. The molecule has 3 fully saturated rings. The van der Waals surface area contributed by atoms with E-state index in [1.54, 1.807) is 36.5 Å². The molecule has 17 heteroatoms. The number of ether oxygens (including phenoxy) is 2. The number of nitrogens with zero attached hydrogens (tertiary/aromatic N) is 5. The molecular formula is C47H53ClN8O7S. The number of nitro groups is 1. The third-order valence-corrected chi connectivity index (χ3v) is 14.4. The Morgan fingerprint density at radius 2 is 1.81 bits per heavy atom. The van der Waals surface area contributed by atoms with Gasteiger partial charge in [0.25, 0.3) is 21.6 Å². The molecule has 1 aromatic heterocycles. The molecule has 9 rings (SSSR count). The average Bonchev–Trinajstić information content (AvgIpc) is 4.02. The van der Waals surface area contributed by atoms with Crippen molar-refractivity contribution < 1.29 is 27.6 Å². The summed E-state index contributed by atoms with van der Waals surface area (Å²) in [5.41, 5.74) is 5.55. The number of carbonyl (C=O) groups is 1. The predicted octanol–water partition coefficient (Wildman–Crippen LogP) is 8.10. The molecule has 4 aliphatic rings. The van der Waals surface area contributed by atoms with Gasteiger partial charge in [0, 0.05) is 81.2 Å². The van der Waals surface area contributed by atoms with Crippen LogP contribution >= 0.6 is 11.6 Å². The molecule has 0 bridgehead atoms. The minimum Gasteiger partial charge on any atom is -0.456 e. The number of fused-ring (bicyclic) bond motifs is 1. The zero-order chi connectivity index (χ0) is 44.6. The van der Waals surface area contributed by atoms with Crippen molar-refractivity contribution >= 4 is 61.1 Å². The third-order valence-electron chi connectivity index (χ3n) is 12.9. The van der Waals surface area contributed by atoms with Gasteiger partial charge in [0.1, 0.15) is 17.2 Å². The van der Waals surface area contributed by atoms with Crippen LogP contribution in [0.2, 0.25) is 5.02 Å². The van der Waals surface area contributed by atoms with Crippen molar-refractivity contribution in [2.45, 2.75) is 63.0 Å². The Kier molecular flexibility index (Phi) is 12.4. The van der Waals surface area contributed by atoms with Crippen molar-refractivity contribution in [2.75, 3.05) is 69.2 Å². The van der Waals surface area contributed by atoms with Crippen molar-refractivity contribution in [3.8, 4) is 11.5 Å². The molecule has 3 N–H and O–H groups in total. The number of benzene rings is 4. The Morgan fingerprint density at radius 1 is 1.02 bits per heavy atom. The molecule has 1 saturated carbocycles. The average molecular weight is 910 g/mol. The highest BCUT2D eigenvalue weighted by atomic mass is 35.5. The third kappa shape index (κ3) is 9.91. The maximum Gasteiger partial charge on any atom is 0.293 e. The summed E-state index contributed by atoms with van der Waals surface area (Å²) >= 11 is 6.25. The number of rotatable bonds is 14. The first-order valence-corrected chi connectivity index (χ1v) is 23.8. The van der Waals surface area contributed by atoms with E-state index in [0.29, 0.717) is 30.3 Å². The van der Waals surface area contributed by atoms with Gasteiger partial charge in [-0.1, -0.05) is 49.2 Å². The first kappa shape index (κ1) is 43.7. The van der Waals surface area contributed by atoms with Crippen LogP contribution in [0.15, 0.2) is 95.5 Å². The first-order chi connectivity index (χ1) is 30.8. The summed E-state index contributed by atoms with van der Waals surface area (Å²) < 4.78 is 42.0. The number of amides is 1. The Labute approximate surface area is 377 Å². The molecular weight excluding hydrogens is 856 g/mol. The molecule has 336 valence electrons. The highest BCUT2D eigenvalue weighted by molar-refractivity contribution is 7.90. The topological polar surface area (TPSA) is 175 Å². The van der Waals surface area contributed by atoms with Crippen LogP contribution in [-0.2, 0) is 14.8 Å². The standard InChI is InChI=1S/C47H53ClN8O7S/c1-47(2)17-16-32(39(26-47)31-6-8-33(48)9-7-31)29-53-18-20-54(21-19-53)35-12-14-38(45(24-35)63-44-5-3-4-41-40(44)28-50-51-41)46(57)52-64(60,61)37-13-15-42(43(25-37)56(58)59)49-27-36-30-55(22-23-62-36)34-10-11-34/h3-9,12-15,24-25,28,34,36,49H,10-11,16-23,26-27,29-30H2,1-2H3,(H,50,51)(H,52,57)/t36-/m0/s1. The zero-order valence-electron chi connectivity index (χ0n) is 36.0. The van der Waals surface area contributed by atoms with Crippen LogP contribution in [0.5, 0.6) is 11.5 Å². The van der Waals surface area contributed by atoms with Gasteiger partial charge in [-0.05, 0) is 97.2 Å². The number of allylic oxidation sites excluding steroid dienone is 1. The minimum absolute atomic E-state index is 0.0335. The van der Waals surface area contributed by atoms with E-state index in [2.05, 4.69) is 60.9 Å². The second-order valence-corrected chi connectivity index (χ2v) is 20.2. The maximum atomic E-state index is 14.0. The summed E-state index contributed by atoms with van der Waals surface area (Å²) in [6.45, 7) is 11.1. The molecule has 2 aliphatic heterocycles. The molecule has 1 amide bonds. The fourth-order valence-electron chi connectivity index (χ4n) is 9.10. The van der Waals surface area contributed by atoms with Crippen LogP contribution in [0.1, 0.15) is 61.9 Å². The number of nitro benzene ring substituents is 1. The molecule has 4 aromatic carbocycles. The molecule has 0 spiro atoms. The van der Waals surface area contributed by atoms with Crippen molar-refractivity contribution in [3.63, 3.8) is 0 Å². The van der Waals surface area contributed by atoms with Gasteiger partial charge in [-0.25, -0.2) is 13.1 Å². The molecule has 2 saturated heterocycles. The summed E-state index contributed by atoms with van der Waals surface area (Å²) in [6, 6.07) is 22.8. The number of carbonyl (C=O) groups excluding carboxylic acids is 1. The van der Waals surface area contributed by atoms with Gasteiger partial charge >= 0.3 is 0 Å². The van der Waals surface area contributed by atoms with Crippen LogP contribution in [-0.4, -0.2) is 110 Å². The lowest BCUT2D eigenvalue weighted by Crippen LogP contribution is -2.47. The SMILES string of the molecule is CC1(C)CCC(CN2CCN(c3ccc(C(=O)NS(=O)(=O)c4ccc(NC[C@H]5CN(C6CC6)CCO5)c([N+](=O)[O-])c4)c(Oc4cccc5[nH]ncc45)c3)CC2)=C(c2ccc(Cl)cc2)C1. The summed E-state index contributed by atoms with van der Waals surface area (Å²) in [6.07, 6.45) is 6.98. The number of aromatic amines is 1. The summed E-state index contributed by atoms with van der Waals surface area (Å²) in [7, 11) is -4.58. The van der Waals surface area contributed by atoms with Crippen LogP contribution in [0.3, 0.4) is 0 Å². The van der Waals surface area contributed by atoms with Gasteiger partial charge in [-0.15, -0.1) is 0 Å². The van der Waals surface area contributed by atoms with Crippen molar-refractivity contribution in [2.24, 2.45) is 5.41 Å². The van der Waals surface area contributed by atoms with Gasteiger partial charge in [-0.3, -0.25) is 29.8 Å². The molecule has 15 nitrogen and oxygen atoms in total. The molecule has 0 unspecified atom stereocenters. The number of H-pyrrole nitrogens is 1. The maximum absolute atomic E-state index is 14.0. The van der Waals surface area contributed by atoms with Gasteiger partial charge in [0.15, 0.2) is 0 Å². The number of piperazine rings is 1. The Bertz CT molecular complexity index is 2690. The first-order valence-electron chi connectivity index (χ1n) is 21.9. The number of anilines is 2. The van der Waals surface area contributed by atoms with E-state index in [1.165, 1.54) is 41.7 Å². The molecule has 5 aromatic rings. The molecule has 1 atom stereocenters. The van der Waals surface area contributed by atoms with Crippen LogP contribution < -0.4 is 19.7 Å². The Hall–Kier alpha value is -5.52. The van der Waals surface area contributed by atoms with Crippen molar-refractivity contribution in [3.05, 3.63) is 117 Å². The zero-order valence-corrected chi connectivity index (χ0v) is 37.6. The smallest absolute Gasteiger partial charge is 0.293 e. The number of sulfonamides is 1. The van der Waals surface area contributed by atoms with Gasteiger partial charge in [-0.2, -0.15) is 5.10 Å². The van der Waals surface area contributed by atoms with Crippen LogP contribution in [0.4, 0.5) is 17.1 Å². The fraction of sp³-hybridized carbons (Fsp3) is 0.404. The number of aromatic nitrogens is 2. The molecule has 3 heterocycles. The van der Waals surface area contributed by atoms with Crippen LogP contribution in [0, 0.1) is 15.5 Å². The summed E-state index contributed by atoms with van der Waals surface area (Å²) in [5.74, 6) is -0.395. The minimum atomic E-state index is -4.58. The van der Waals surface area contributed by atoms with Crippen LogP contribution in [0.25, 0.3) is 16.5 Å². The van der Waals surface area contributed by atoms with E-state index in [0.717, 1.165) is 87.4 Å². The van der Waals surface area contributed by atoms with E-state index in [-0.39, 0.29) is 28.5 Å². The lowest BCUT2D eigenvalue weighted by molar-refractivity contribution is -0.384. The van der Waals surface area contributed by atoms with Gasteiger partial charge in [0.05, 0.1) is 45.2 Å². The Morgan fingerprint density at radius 3 is 2.58 bits per heavy atom. The monoisotopic (exact) mass is 908 g/mol. The normalized spacial score (nSPS) is 19.7. The number of halogens is 1. The van der Waals surface area contributed by atoms with Crippen molar-refractivity contribution in [1.29, 1.82) is 0 Å². The number of nitrogens with one attached hydrogen (secondary N) is 3. The molecule has 0 radical (unpaired) electrons. The fourth-order valence-corrected chi connectivity index (χ4v) is 10.2. The van der Waals surface area contributed by atoms with E-state index < -0.39 is 31.4 Å².